The van der Waals surface area contributed by atoms with Gasteiger partial charge in [0.25, 0.3) is 0 Å². The molecule has 0 aromatic heterocycles. The van der Waals surface area contributed by atoms with Crippen LogP contribution >= 0.6 is 0 Å². The minimum absolute atomic E-state index is 0.294. The maximum Gasteiger partial charge on any atom is 0.165 e. The molecule has 3 nitrogen and oxygen atoms in total. The molecule has 5 heteroatoms. The topological polar surface area (TPSA) is 44.7 Å². The molecule has 126 valence electrons. The second kappa shape index (κ2) is 7.67. The summed E-state index contributed by atoms with van der Waals surface area (Å²) in [4.78, 5) is 0. The van der Waals surface area contributed by atoms with E-state index in [1.54, 1.807) is 12.1 Å². The van der Waals surface area contributed by atoms with Crippen LogP contribution in [0.3, 0.4) is 0 Å². The predicted octanol–water partition coefficient (Wildman–Crippen LogP) is 4.28. The Labute approximate surface area is 140 Å². The summed E-state index contributed by atoms with van der Waals surface area (Å²) >= 11 is -1.19. The monoisotopic (exact) mass is 337 g/mol. The molecule has 0 saturated heterocycles. The maximum absolute atomic E-state index is 13.9. The molecule has 0 aliphatic heterocycles. The van der Waals surface area contributed by atoms with Gasteiger partial charge in [-0.15, -0.1) is 0 Å². The highest BCUT2D eigenvalue weighted by Crippen LogP contribution is 2.36. The number of hydrogen-bond acceptors (Lipinski definition) is 3. The van der Waals surface area contributed by atoms with Crippen LogP contribution in [-0.4, -0.2) is 22.6 Å². The summed E-state index contributed by atoms with van der Waals surface area (Å²) in [5.74, 6) is 1.50. The first-order chi connectivity index (χ1) is 11.2. The molecule has 1 atom stereocenters. The number of ether oxygens (including phenoxy) is 1. The van der Waals surface area contributed by atoms with Crippen molar-refractivity contribution >= 4 is 17.1 Å². The van der Waals surface area contributed by atoms with Gasteiger partial charge in [0.2, 0.25) is 0 Å². The zero-order chi connectivity index (χ0) is 16.2. The van der Waals surface area contributed by atoms with Gasteiger partial charge in [-0.25, -0.2) is 4.39 Å². The average Bonchev–Trinajstić information content (AvgIpc) is 3.43. The van der Waals surface area contributed by atoms with Crippen molar-refractivity contribution in [2.45, 2.75) is 45.4 Å². The van der Waals surface area contributed by atoms with Crippen LogP contribution < -0.4 is 4.74 Å². The van der Waals surface area contributed by atoms with E-state index in [0.717, 1.165) is 37.0 Å². The van der Waals surface area contributed by atoms with Gasteiger partial charge in [0, 0.05) is 11.5 Å². The molecule has 3 rings (SSSR count). The lowest BCUT2D eigenvalue weighted by molar-refractivity contribution is 0.285. The van der Waals surface area contributed by atoms with E-state index < -0.39 is 11.4 Å². The lowest BCUT2D eigenvalue weighted by atomic mass is 10.1. The molecule has 0 N–H and O–H groups in total. The van der Waals surface area contributed by atoms with Crippen LogP contribution in [0, 0.1) is 17.7 Å². The summed E-state index contributed by atoms with van der Waals surface area (Å²) in [6, 6.07) is 4.89. The van der Waals surface area contributed by atoms with Crippen molar-refractivity contribution < 1.29 is 13.7 Å². The summed E-state index contributed by atoms with van der Waals surface area (Å²) in [5.41, 5.74) is 1.71. The van der Waals surface area contributed by atoms with Crippen LogP contribution in [0.25, 0.3) is 0 Å². The van der Waals surface area contributed by atoms with Crippen LogP contribution in [0.5, 0.6) is 5.75 Å². The van der Waals surface area contributed by atoms with Crippen molar-refractivity contribution in [3.63, 3.8) is 0 Å². The molecule has 1 aromatic rings. The van der Waals surface area contributed by atoms with E-state index in [9.17, 15) is 8.94 Å². The van der Waals surface area contributed by atoms with E-state index in [1.165, 1.54) is 18.9 Å². The van der Waals surface area contributed by atoms with E-state index in [-0.39, 0.29) is 5.82 Å². The maximum atomic E-state index is 13.9. The minimum Gasteiger partial charge on any atom is -0.591 e. The number of nitrogens with zero attached hydrogens (tertiary/aromatic N) is 1. The molecule has 0 spiro atoms. The van der Waals surface area contributed by atoms with Gasteiger partial charge in [-0.05, 0) is 56.2 Å². The first-order valence-corrected chi connectivity index (χ1v) is 9.84. The van der Waals surface area contributed by atoms with E-state index in [1.807, 2.05) is 0 Å². The molecule has 0 radical (unpaired) electrons. The smallest absolute Gasteiger partial charge is 0.165 e. The van der Waals surface area contributed by atoms with Crippen LogP contribution in [0.2, 0.25) is 0 Å². The second-order valence-corrected chi connectivity index (χ2v) is 7.76. The van der Waals surface area contributed by atoms with Crippen LogP contribution in [0.15, 0.2) is 22.6 Å². The zero-order valence-corrected chi connectivity index (χ0v) is 14.4. The molecular formula is C18H24FNO2S. The second-order valence-electron chi connectivity index (χ2n) is 6.53. The number of rotatable bonds is 9. The quantitative estimate of drug-likeness (QED) is 0.499. The van der Waals surface area contributed by atoms with Crippen molar-refractivity contribution in [3.05, 3.63) is 29.6 Å². The molecule has 2 fully saturated rings. The fourth-order valence-electron chi connectivity index (χ4n) is 2.41. The third-order valence-corrected chi connectivity index (χ3v) is 5.27. The number of halogens is 1. The Morgan fingerprint density at radius 3 is 2.78 bits per heavy atom. The average molecular weight is 337 g/mol. The zero-order valence-electron chi connectivity index (χ0n) is 13.6. The van der Waals surface area contributed by atoms with Crippen molar-refractivity contribution in [1.82, 2.24) is 0 Å². The lowest BCUT2D eigenvalue weighted by Gasteiger charge is -2.11. The third kappa shape index (κ3) is 4.95. The standard InChI is InChI=1S/C18H24FNO2S/c1-2-3-10-23(21)20-18(14-6-7-14)15-8-9-16(19)17(11-15)22-12-13-4-5-13/h8-9,11,13-14H,2-7,10,12H2,1H3/b20-18+/t23-/m0/s1. The van der Waals surface area contributed by atoms with Gasteiger partial charge in [-0.2, -0.15) is 0 Å². The summed E-state index contributed by atoms with van der Waals surface area (Å²) in [5, 5.41) is 0. The van der Waals surface area contributed by atoms with Gasteiger partial charge in [-0.3, -0.25) is 0 Å². The van der Waals surface area contributed by atoms with Crippen LogP contribution in [0.4, 0.5) is 4.39 Å². The normalized spacial score (nSPS) is 19.7. The SMILES string of the molecule is CCCC[S@+]([O-])/N=C(/c1ccc(F)c(OCC2CC2)c1)C1CC1. The number of hydrogen-bond donors (Lipinski definition) is 0. The molecule has 0 amide bonds. The Balaban J connectivity index is 1.75. The van der Waals surface area contributed by atoms with Crippen LogP contribution in [-0.2, 0) is 11.4 Å². The van der Waals surface area contributed by atoms with Crippen molar-refractivity contribution in [1.29, 1.82) is 0 Å². The van der Waals surface area contributed by atoms with Gasteiger partial charge in [0.1, 0.15) is 11.5 Å². The van der Waals surface area contributed by atoms with E-state index >= 15 is 0 Å². The first-order valence-electron chi connectivity index (χ1n) is 8.57. The molecule has 2 saturated carbocycles. The summed E-state index contributed by atoms with van der Waals surface area (Å²) < 4.78 is 36.1. The van der Waals surface area contributed by atoms with Gasteiger partial charge < -0.3 is 9.29 Å². The molecular weight excluding hydrogens is 313 g/mol. The Morgan fingerprint density at radius 2 is 2.13 bits per heavy atom. The predicted molar refractivity (Wildman–Crippen MR) is 91.8 cm³/mol. The van der Waals surface area contributed by atoms with Crippen molar-refractivity contribution in [2.24, 2.45) is 16.2 Å². The highest BCUT2D eigenvalue weighted by molar-refractivity contribution is 7.90. The number of unbranched alkanes of at least 4 members (excludes halogenated alkanes) is 1. The van der Waals surface area contributed by atoms with E-state index in [4.69, 9.17) is 4.74 Å². The third-order valence-electron chi connectivity index (χ3n) is 4.24. The molecule has 1 aromatic carbocycles. The summed E-state index contributed by atoms with van der Waals surface area (Å²) in [6.45, 7) is 2.66. The molecule has 0 unspecified atom stereocenters. The highest BCUT2D eigenvalue weighted by atomic mass is 32.2. The van der Waals surface area contributed by atoms with Gasteiger partial charge >= 0.3 is 0 Å². The summed E-state index contributed by atoms with van der Waals surface area (Å²) in [7, 11) is 0. The fraction of sp³-hybridized carbons (Fsp3) is 0.611. The Morgan fingerprint density at radius 1 is 1.35 bits per heavy atom. The lowest BCUT2D eigenvalue weighted by Crippen LogP contribution is -2.11. The molecule has 23 heavy (non-hydrogen) atoms. The molecule has 0 bridgehead atoms. The highest BCUT2D eigenvalue weighted by Gasteiger charge is 2.31. The van der Waals surface area contributed by atoms with Crippen molar-refractivity contribution in [2.75, 3.05) is 12.4 Å². The molecule has 2 aliphatic rings. The largest absolute Gasteiger partial charge is 0.591 e. The van der Waals surface area contributed by atoms with Gasteiger partial charge in [0.05, 0.1) is 18.0 Å². The van der Waals surface area contributed by atoms with Crippen molar-refractivity contribution in [3.8, 4) is 5.75 Å². The van der Waals surface area contributed by atoms with Gasteiger partial charge in [-0.1, -0.05) is 17.7 Å². The van der Waals surface area contributed by atoms with E-state index in [2.05, 4.69) is 11.3 Å². The fourth-order valence-corrected chi connectivity index (χ4v) is 3.51. The van der Waals surface area contributed by atoms with E-state index in [0.29, 0.717) is 29.9 Å². The Hall–Kier alpha value is -1.07. The van der Waals surface area contributed by atoms with Crippen LogP contribution in [0.1, 0.15) is 51.0 Å². The molecule has 0 heterocycles. The number of benzene rings is 1. The Bertz CT molecular complexity index is 570. The van der Waals surface area contributed by atoms with Gasteiger partial charge in [0.15, 0.2) is 11.6 Å². The Kier molecular flexibility index (Phi) is 5.59. The molecule has 2 aliphatic carbocycles. The summed E-state index contributed by atoms with van der Waals surface area (Å²) in [6.07, 6.45) is 6.40. The first kappa shape index (κ1) is 16.8. The minimum atomic E-state index is -1.19.